The standard InChI is InChI=1S/C8H13N/c1-9-7-3-2-4-8(9)6-5-7/h2-3,7-8H,4-6H2,1H3/t7-,8-/m0/s1. The van der Waals surface area contributed by atoms with Crippen LogP contribution in [0.5, 0.6) is 0 Å². The number of fused-ring (bicyclic) bond motifs is 2. The molecule has 0 aromatic rings. The van der Waals surface area contributed by atoms with Crippen LogP contribution in [-0.2, 0) is 0 Å². The first-order chi connectivity index (χ1) is 4.38. The molecule has 50 valence electrons. The lowest BCUT2D eigenvalue weighted by Crippen LogP contribution is -2.33. The largest absolute Gasteiger partial charge is 0.297 e. The van der Waals surface area contributed by atoms with Crippen molar-refractivity contribution in [3.8, 4) is 0 Å². The van der Waals surface area contributed by atoms with Crippen LogP contribution in [0.15, 0.2) is 12.2 Å². The number of rotatable bonds is 0. The van der Waals surface area contributed by atoms with E-state index in [1.54, 1.807) is 0 Å². The molecule has 2 rings (SSSR count). The zero-order chi connectivity index (χ0) is 6.27. The molecule has 0 unspecified atom stereocenters. The molecule has 9 heavy (non-hydrogen) atoms. The van der Waals surface area contributed by atoms with Gasteiger partial charge in [-0.1, -0.05) is 12.2 Å². The first-order valence-electron chi connectivity index (χ1n) is 3.76. The zero-order valence-electron chi connectivity index (χ0n) is 5.88. The third-order valence-corrected chi connectivity index (χ3v) is 2.66. The van der Waals surface area contributed by atoms with Crippen molar-refractivity contribution in [3.05, 3.63) is 12.2 Å². The smallest absolute Gasteiger partial charge is 0.0278 e. The highest BCUT2D eigenvalue weighted by molar-refractivity contribution is 5.06. The molecule has 0 amide bonds. The molecular weight excluding hydrogens is 110 g/mol. The van der Waals surface area contributed by atoms with Gasteiger partial charge in [0.25, 0.3) is 0 Å². The lowest BCUT2D eigenvalue weighted by molar-refractivity contribution is 0.260. The van der Waals surface area contributed by atoms with E-state index in [4.69, 9.17) is 0 Å². The summed E-state index contributed by atoms with van der Waals surface area (Å²) >= 11 is 0. The molecule has 0 N–H and O–H groups in total. The van der Waals surface area contributed by atoms with Crippen molar-refractivity contribution >= 4 is 0 Å². The van der Waals surface area contributed by atoms with Gasteiger partial charge in [0.2, 0.25) is 0 Å². The quantitative estimate of drug-likeness (QED) is 0.440. The van der Waals surface area contributed by atoms with Gasteiger partial charge in [-0.25, -0.2) is 0 Å². The van der Waals surface area contributed by atoms with Gasteiger partial charge < -0.3 is 0 Å². The van der Waals surface area contributed by atoms with Gasteiger partial charge in [0, 0.05) is 12.1 Å². The fourth-order valence-corrected chi connectivity index (χ4v) is 1.95. The van der Waals surface area contributed by atoms with Gasteiger partial charge in [-0.05, 0) is 26.3 Å². The lowest BCUT2D eigenvalue weighted by atomic mass is 10.1. The fraction of sp³-hybridized carbons (Fsp3) is 0.750. The second-order valence-electron chi connectivity index (χ2n) is 3.13. The molecule has 1 saturated heterocycles. The van der Waals surface area contributed by atoms with E-state index in [0.717, 1.165) is 12.1 Å². The summed E-state index contributed by atoms with van der Waals surface area (Å²) < 4.78 is 0. The number of nitrogens with zero attached hydrogens (tertiary/aromatic N) is 1. The number of likely N-dealkylation sites (N-methyl/N-ethyl adjacent to an activating group) is 1. The molecule has 0 aromatic carbocycles. The Morgan fingerprint density at radius 3 is 3.00 bits per heavy atom. The topological polar surface area (TPSA) is 3.24 Å². The van der Waals surface area contributed by atoms with E-state index < -0.39 is 0 Å². The molecule has 1 nitrogen and oxygen atoms in total. The van der Waals surface area contributed by atoms with E-state index in [0.29, 0.717) is 0 Å². The zero-order valence-corrected chi connectivity index (χ0v) is 5.88. The summed E-state index contributed by atoms with van der Waals surface area (Å²) in [7, 11) is 2.24. The Hall–Kier alpha value is -0.300. The van der Waals surface area contributed by atoms with Crippen LogP contribution < -0.4 is 0 Å². The first kappa shape index (κ1) is 5.48. The second-order valence-corrected chi connectivity index (χ2v) is 3.13. The van der Waals surface area contributed by atoms with Gasteiger partial charge in [0.05, 0.1) is 0 Å². The maximum absolute atomic E-state index is 2.50. The first-order valence-corrected chi connectivity index (χ1v) is 3.76. The van der Waals surface area contributed by atoms with Crippen LogP contribution >= 0.6 is 0 Å². The van der Waals surface area contributed by atoms with Crippen LogP contribution in [0, 0.1) is 0 Å². The van der Waals surface area contributed by atoms with Crippen LogP contribution in [0.2, 0.25) is 0 Å². The molecule has 1 fully saturated rings. The van der Waals surface area contributed by atoms with Gasteiger partial charge in [-0.2, -0.15) is 0 Å². The maximum atomic E-state index is 2.50. The fourth-order valence-electron chi connectivity index (χ4n) is 1.95. The van der Waals surface area contributed by atoms with E-state index in [9.17, 15) is 0 Å². The van der Waals surface area contributed by atoms with Crippen molar-refractivity contribution < 1.29 is 0 Å². The minimum Gasteiger partial charge on any atom is -0.297 e. The Balaban J connectivity index is 2.22. The van der Waals surface area contributed by atoms with E-state index in [-0.39, 0.29) is 0 Å². The molecule has 1 heteroatoms. The van der Waals surface area contributed by atoms with E-state index in [2.05, 4.69) is 24.1 Å². The number of hydrogen-bond donors (Lipinski definition) is 0. The van der Waals surface area contributed by atoms with Gasteiger partial charge >= 0.3 is 0 Å². The van der Waals surface area contributed by atoms with Crippen molar-refractivity contribution in [2.45, 2.75) is 31.3 Å². The highest BCUT2D eigenvalue weighted by atomic mass is 15.2. The molecule has 0 radical (unpaired) electrons. The van der Waals surface area contributed by atoms with Gasteiger partial charge in [0.15, 0.2) is 0 Å². The molecule has 2 bridgehead atoms. The van der Waals surface area contributed by atoms with Crippen LogP contribution in [-0.4, -0.2) is 24.0 Å². The summed E-state index contributed by atoms with van der Waals surface area (Å²) in [6.07, 6.45) is 8.77. The molecule has 0 aliphatic carbocycles. The normalized spacial score (nSPS) is 41.9. The van der Waals surface area contributed by atoms with Crippen LogP contribution in [0.3, 0.4) is 0 Å². The molecule has 0 aromatic heterocycles. The summed E-state index contributed by atoms with van der Waals surface area (Å²) in [5.74, 6) is 0. The summed E-state index contributed by atoms with van der Waals surface area (Å²) in [5, 5.41) is 0. The Morgan fingerprint density at radius 2 is 2.33 bits per heavy atom. The molecule has 0 spiro atoms. The average molecular weight is 123 g/mol. The minimum absolute atomic E-state index is 0.781. The Morgan fingerprint density at radius 1 is 1.44 bits per heavy atom. The second kappa shape index (κ2) is 1.84. The molecular formula is C8H13N. The molecule has 2 atom stereocenters. The van der Waals surface area contributed by atoms with E-state index in [1.807, 2.05) is 0 Å². The number of hydrogen-bond acceptors (Lipinski definition) is 1. The third kappa shape index (κ3) is 0.715. The summed E-state index contributed by atoms with van der Waals surface area (Å²) in [5.41, 5.74) is 0. The van der Waals surface area contributed by atoms with E-state index in [1.165, 1.54) is 19.3 Å². The van der Waals surface area contributed by atoms with Gasteiger partial charge in [-0.3, -0.25) is 4.90 Å². The molecule has 2 aliphatic rings. The van der Waals surface area contributed by atoms with Crippen molar-refractivity contribution in [1.29, 1.82) is 0 Å². The van der Waals surface area contributed by atoms with Crippen LogP contribution in [0.25, 0.3) is 0 Å². The Bertz CT molecular complexity index is 140. The molecule has 2 aliphatic heterocycles. The highest BCUT2D eigenvalue weighted by Crippen LogP contribution is 2.29. The monoisotopic (exact) mass is 123 g/mol. The minimum atomic E-state index is 0.781. The van der Waals surface area contributed by atoms with Crippen LogP contribution in [0.1, 0.15) is 19.3 Å². The molecule has 0 saturated carbocycles. The van der Waals surface area contributed by atoms with Crippen molar-refractivity contribution in [3.63, 3.8) is 0 Å². The van der Waals surface area contributed by atoms with Crippen molar-refractivity contribution in [2.24, 2.45) is 0 Å². The van der Waals surface area contributed by atoms with Gasteiger partial charge in [0.1, 0.15) is 0 Å². The molecule has 2 heterocycles. The van der Waals surface area contributed by atoms with Crippen molar-refractivity contribution in [2.75, 3.05) is 7.05 Å². The summed E-state index contributed by atoms with van der Waals surface area (Å²) in [6.45, 7) is 0. The van der Waals surface area contributed by atoms with Crippen molar-refractivity contribution in [1.82, 2.24) is 4.90 Å². The van der Waals surface area contributed by atoms with E-state index >= 15 is 0 Å². The summed E-state index contributed by atoms with van der Waals surface area (Å²) in [4.78, 5) is 2.50. The summed E-state index contributed by atoms with van der Waals surface area (Å²) in [6, 6.07) is 1.66. The Kier molecular flexibility index (Phi) is 1.12. The maximum Gasteiger partial charge on any atom is 0.0278 e. The Labute approximate surface area is 56.4 Å². The van der Waals surface area contributed by atoms with Crippen LogP contribution in [0.4, 0.5) is 0 Å². The predicted octanol–water partition coefficient (Wildman–Crippen LogP) is 1.41. The highest BCUT2D eigenvalue weighted by Gasteiger charge is 2.29. The third-order valence-electron chi connectivity index (χ3n) is 2.66. The lowest BCUT2D eigenvalue weighted by Gasteiger charge is -2.26. The SMILES string of the molecule is CN1[C@H]2CC=C[C@H]1CC2. The van der Waals surface area contributed by atoms with Gasteiger partial charge in [-0.15, -0.1) is 0 Å². The average Bonchev–Trinajstić information content (AvgIpc) is 2.19. The predicted molar refractivity (Wildman–Crippen MR) is 38.3 cm³/mol.